The molecule has 0 bridgehead atoms. The Morgan fingerprint density at radius 2 is 0.638 bits per heavy atom. The van der Waals surface area contributed by atoms with Crippen LogP contribution < -0.4 is 0 Å². The van der Waals surface area contributed by atoms with Crippen molar-refractivity contribution >= 4 is 581 Å². The summed E-state index contributed by atoms with van der Waals surface area (Å²) >= 11 is 48.7. The van der Waals surface area contributed by atoms with Gasteiger partial charge in [-0.25, -0.2) is 0 Å². The van der Waals surface area contributed by atoms with Gasteiger partial charge in [0.25, 0.3) is 9.19 Å². The number of carbonyl (C=O) groups excluding carboxylic acids is 3. The predicted octanol–water partition coefficient (Wildman–Crippen LogP) is 1.49. The molecule has 0 aliphatic carbocycles. The van der Waals surface area contributed by atoms with Crippen LogP contribution in [-0.2, 0) is 14.4 Å². The largest absolute Gasteiger partial charge is 0.423 e. The van der Waals surface area contributed by atoms with Gasteiger partial charge in [0.15, 0.2) is 52.2 Å². The maximum atomic E-state index is 13.9. The van der Waals surface area contributed by atoms with Crippen molar-refractivity contribution in [2.24, 2.45) is 0 Å². The molecular weight excluding hydrogens is 3140 g/mol. The standard InChI is InChI=1S/C12H27B24I20N3O10/c37-17(13-15-19(39)40)21(43)33(57(10(67)5-62)1-8(65)3-60)29(51)25(47)23(45)27(49)31(53)35(55)59(12(69)7-64)36(56)32(54)28(50)24(46)26(48)30(52)34(22(44)18(38)14-16-20(41)42)58(11(68)6-63)2-9(66)4-61/h8-9,13-16,60-66H,1-7H2. The molecule has 0 saturated heterocycles. The Hall–Kier alpha value is 14.3. The average Bonchev–Trinajstić information content (AvgIpc) is 3.33. The van der Waals surface area contributed by atoms with Crippen LogP contribution in [-0.4, -0.2) is 242 Å². The maximum Gasteiger partial charge on any atom is 0.284 e. The van der Waals surface area contributed by atoms with Crippen molar-refractivity contribution in [2.45, 2.75) is 12.2 Å². The van der Waals surface area contributed by atoms with Crippen LogP contribution in [0.5, 0.6) is 0 Å². The molecule has 0 aliphatic rings. The molecule has 2 unspecified atom stereocenters. The van der Waals surface area contributed by atoms with Crippen LogP contribution in [0.1, 0.15) is 0 Å². The van der Waals surface area contributed by atoms with Gasteiger partial charge in [0.05, 0.1) is 53.7 Å². The predicted molar refractivity (Wildman–Crippen MR) is 502 cm³/mol. The molecular formula is C12H27B24I20N3O10. The lowest BCUT2D eigenvalue weighted by atomic mass is 8.82. The Morgan fingerprint density at radius 1 is 0.377 bits per heavy atom. The first kappa shape index (κ1) is 83.3. The lowest BCUT2D eigenvalue weighted by Crippen LogP contribution is -2.71. The van der Waals surface area contributed by atoms with E-state index in [0.717, 1.165) is 28.2 Å². The Morgan fingerprint density at radius 3 is 0.884 bits per heavy atom. The van der Waals surface area contributed by atoms with Crippen molar-refractivity contribution in [3.8, 4) is 0 Å². The van der Waals surface area contributed by atoms with Crippen molar-refractivity contribution in [1.82, 2.24) is 14.3 Å². The van der Waals surface area contributed by atoms with Crippen LogP contribution in [0.15, 0.2) is 0 Å². The lowest BCUT2D eigenvalue weighted by Gasteiger charge is -2.38. The monoisotopic (exact) mass is 3180 g/mol. The molecule has 0 fully saturated rings. The van der Waals surface area contributed by atoms with Gasteiger partial charge < -0.3 is 50.1 Å². The molecule has 7 N–H and O–H groups in total. The zero-order valence-electron chi connectivity index (χ0n) is 35.2. The zero-order chi connectivity index (χ0) is 53.9. The number of amides is 3. The van der Waals surface area contributed by atoms with E-state index >= 15 is 0 Å². The summed E-state index contributed by atoms with van der Waals surface area (Å²) in [5.41, 5.74) is 0. The summed E-state index contributed by atoms with van der Waals surface area (Å²) in [7, 11) is 3.81. The summed E-state index contributed by atoms with van der Waals surface area (Å²) in [6.07, 6.45) is -2.33. The summed E-state index contributed by atoms with van der Waals surface area (Å²) in [6, 6.07) is 0. The molecule has 0 aromatic rings. The lowest BCUT2D eigenvalue weighted by molar-refractivity contribution is -0.131. The highest BCUT2D eigenvalue weighted by Gasteiger charge is 2.58. The number of aliphatic hydroxyl groups excluding tert-OH is 7. The van der Waals surface area contributed by atoms with Crippen LogP contribution in [0, 0.1) is 0 Å². The Kier molecular flexibility index (Phi) is 55.0. The van der Waals surface area contributed by atoms with Crippen molar-refractivity contribution in [3.63, 3.8) is 0 Å². The quantitative estimate of drug-likeness (QED) is 0.0361. The fraction of sp³-hybridized carbons (Fsp3) is 0.750. The first-order chi connectivity index (χ1) is 31.9. The molecule has 13 nitrogen and oxygen atoms in total. The van der Waals surface area contributed by atoms with E-state index < -0.39 is 57.1 Å². The Labute approximate surface area is 686 Å². The molecule has 2 atom stereocenters. The highest BCUT2D eigenvalue weighted by atomic mass is 127. The van der Waals surface area contributed by atoms with Gasteiger partial charge >= 0.3 is 0 Å². The third-order valence-corrected chi connectivity index (χ3v) is 53.1. The maximum absolute atomic E-state index is 13.9. The summed E-state index contributed by atoms with van der Waals surface area (Å²) in [5, 5.41) is 71.6. The molecule has 0 spiro atoms. The molecule has 0 radical (unpaired) electrons. The first-order valence-electron chi connectivity index (χ1n) is 20.1. The van der Waals surface area contributed by atoms with Crippen molar-refractivity contribution in [2.75, 3.05) is 46.1 Å². The Balaban J connectivity index is 6.92. The second kappa shape index (κ2) is 45.5. The first-order valence-corrected chi connectivity index (χ1v) is 45.0. The minimum absolute atomic E-state index is 0.00216. The fourth-order valence-electron chi connectivity index (χ4n) is 6.42. The van der Waals surface area contributed by atoms with Gasteiger partial charge in [0, 0.05) is 13.1 Å². The van der Waals surface area contributed by atoms with E-state index in [1.807, 2.05) is 4.72 Å². The van der Waals surface area contributed by atoms with E-state index in [9.17, 15) is 50.1 Å². The van der Waals surface area contributed by atoms with Crippen LogP contribution in [0.2, 0.25) is 0 Å². The molecule has 57 heteroatoms. The minimum atomic E-state index is -1.17. The van der Waals surface area contributed by atoms with Crippen LogP contribution in [0.25, 0.3) is 0 Å². The third kappa shape index (κ3) is 29.4. The molecule has 69 heavy (non-hydrogen) atoms. The SMILES string of the molecule is O=C(CO)N(CC(O)CO)B(B(I)B(I)BBB(I)I)B(I)B(I)B(I)B(I)B(I)B(I)N(B(I)B(I)B(I)B(I)B(I)B(I)B(B(I)B(I)BBB(I)I)N(CC(O)CO)C(=O)CO)C(=O)CO. The smallest absolute Gasteiger partial charge is 0.284 e. The molecule has 362 valence electrons. The van der Waals surface area contributed by atoms with E-state index in [1.54, 1.807) is 9.62 Å². The van der Waals surface area contributed by atoms with E-state index in [-0.39, 0.29) is 102 Å². The molecule has 0 saturated carbocycles. The molecule has 0 heterocycles. The van der Waals surface area contributed by atoms with Crippen LogP contribution in [0.4, 0.5) is 0 Å². The van der Waals surface area contributed by atoms with Crippen molar-refractivity contribution < 1.29 is 50.1 Å². The number of halogens is 20. The summed E-state index contributed by atoms with van der Waals surface area (Å²) < 4.78 is 1.86. The Bertz CT molecular complexity index is 1430. The van der Waals surface area contributed by atoms with Gasteiger partial charge in [-0.15, -0.1) is 134 Å². The van der Waals surface area contributed by atoms with E-state index in [4.69, 9.17) is 0 Å². The van der Waals surface area contributed by atoms with Gasteiger partial charge in [-0.05, 0) is 0 Å². The third-order valence-electron chi connectivity index (χ3n) is 10.1. The van der Waals surface area contributed by atoms with E-state index in [0.29, 0.717) is 4.63 Å². The highest BCUT2D eigenvalue weighted by Crippen LogP contribution is 2.34. The average molecular weight is 3170 g/mol. The normalized spacial score (nSPS) is 11.3. The zero-order valence-corrected chi connectivity index (χ0v) is 78.4. The molecule has 0 rings (SSSR count). The molecule has 0 aromatic heterocycles. The van der Waals surface area contributed by atoms with Gasteiger partial charge in [0.2, 0.25) is 44.3 Å². The number of carbonyl (C=O) groups is 3. The van der Waals surface area contributed by atoms with Crippen LogP contribution in [0.3, 0.4) is 0 Å². The number of hydrogen-bond donors (Lipinski definition) is 7. The van der Waals surface area contributed by atoms with Gasteiger partial charge in [-0.1, -0.05) is 0 Å². The van der Waals surface area contributed by atoms with Crippen LogP contribution >= 0.6 is 447 Å². The number of aliphatic hydroxyl groups is 7. The summed E-state index contributed by atoms with van der Waals surface area (Å²) in [5.74, 6) is -1.38. The van der Waals surface area contributed by atoms with E-state index in [2.05, 4.69) is 447 Å². The van der Waals surface area contributed by atoms with Gasteiger partial charge in [-0.3, -0.25) is 14.4 Å². The fourth-order valence-corrected chi connectivity index (χ4v) is 32.0. The highest BCUT2D eigenvalue weighted by molar-refractivity contribution is 14.3. The number of hydrogen-bond acceptors (Lipinski definition) is 10. The van der Waals surface area contributed by atoms with Gasteiger partial charge in [0.1, 0.15) is 19.8 Å². The van der Waals surface area contributed by atoms with E-state index in [1.165, 1.54) is 0 Å². The molecule has 0 aromatic carbocycles. The van der Waals surface area contributed by atoms with Crippen molar-refractivity contribution in [3.05, 3.63) is 0 Å². The summed E-state index contributed by atoms with van der Waals surface area (Å²) in [6.45, 7) is -4.09. The minimum Gasteiger partial charge on any atom is -0.423 e. The second-order valence-corrected chi connectivity index (χ2v) is 48.9. The topological polar surface area (TPSA) is 203 Å². The number of nitrogens with zero attached hydrogens (tertiary/aromatic N) is 3. The van der Waals surface area contributed by atoms with Gasteiger partial charge in [-0.2, -0.15) is 313 Å². The summed E-state index contributed by atoms with van der Waals surface area (Å²) in [4.78, 5) is 44.0. The second-order valence-electron chi connectivity index (χ2n) is 15.1. The molecule has 3 amide bonds. The number of rotatable bonds is 35. The molecule has 0 aliphatic heterocycles. The van der Waals surface area contributed by atoms with Crippen molar-refractivity contribution in [1.29, 1.82) is 0 Å².